The molecule has 1 aliphatic heterocycles. The number of Topliss-reactive ketones (excluding diaryl/α,β-unsaturated/α-hetero) is 1. The number of rotatable bonds is 5. The number of thioether (sulfide) groups is 1. The number of nitrogens with zero attached hydrogens (tertiary/aromatic N) is 1. The number of carbonyl (C=O) groups is 3. The van der Waals surface area contributed by atoms with Gasteiger partial charge < -0.3 is 4.42 Å². The van der Waals surface area contributed by atoms with Gasteiger partial charge in [0.25, 0.3) is 11.1 Å². The number of imide groups is 1. The van der Waals surface area contributed by atoms with E-state index in [1.807, 2.05) is 0 Å². The van der Waals surface area contributed by atoms with Crippen molar-refractivity contribution in [2.24, 2.45) is 0 Å². The van der Waals surface area contributed by atoms with Gasteiger partial charge in [0, 0.05) is 22.2 Å². The smallest absolute Gasteiger partial charge is 0.293 e. The second-order valence-electron chi connectivity index (χ2n) is 6.41. The molecule has 1 saturated heterocycles. The van der Waals surface area contributed by atoms with Crippen molar-refractivity contribution in [3.05, 3.63) is 87.7 Å². The number of ketones is 1. The lowest BCUT2D eigenvalue weighted by Gasteiger charge is -2.11. The van der Waals surface area contributed by atoms with Crippen molar-refractivity contribution in [3.8, 4) is 11.3 Å². The Labute approximate surface area is 180 Å². The Morgan fingerprint density at radius 1 is 1.03 bits per heavy atom. The molecule has 5 nitrogen and oxygen atoms in total. The molecular weight excluding hydrogens is 429 g/mol. The van der Waals surface area contributed by atoms with E-state index in [0.29, 0.717) is 27.7 Å². The first-order valence-corrected chi connectivity index (χ1v) is 10.00. The fourth-order valence-corrected chi connectivity index (χ4v) is 3.78. The van der Waals surface area contributed by atoms with Gasteiger partial charge in [-0.2, -0.15) is 0 Å². The number of carbonyl (C=O) groups excluding carboxylic acids is 3. The summed E-state index contributed by atoms with van der Waals surface area (Å²) in [5.41, 5.74) is 1.04. The quantitative estimate of drug-likeness (QED) is 0.377. The topological polar surface area (TPSA) is 67.6 Å². The lowest BCUT2D eigenvalue weighted by atomic mass is 10.1. The van der Waals surface area contributed by atoms with Gasteiger partial charge in [0.15, 0.2) is 5.78 Å². The molecule has 2 amide bonds. The van der Waals surface area contributed by atoms with Crippen LogP contribution in [0.15, 0.2) is 70.0 Å². The maximum absolute atomic E-state index is 13.1. The maximum Gasteiger partial charge on any atom is 0.293 e. The predicted molar refractivity (Wildman–Crippen MR) is 113 cm³/mol. The maximum atomic E-state index is 13.1. The Hall–Kier alpha value is -3.16. The van der Waals surface area contributed by atoms with Gasteiger partial charge in [0.05, 0.1) is 11.4 Å². The van der Waals surface area contributed by atoms with Gasteiger partial charge in [-0.1, -0.05) is 11.6 Å². The molecule has 2 aromatic carbocycles. The zero-order chi connectivity index (χ0) is 21.3. The van der Waals surface area contributed by atoms with Crippen LogP contribution >= 0.6 is 23.4 Å². The van der Waals surface area contributed by atoms with Gasteiger partial charge >= 0.3 is 0 Å². The summed E-state index contributed by atoms with van der Waals surface area (Å²) in [4.78, 5) is 38.3. The number of benzene rings is 2. The Morgan fingerprint density at radius 3 is 2.43 bits per heavy atom. The van der Waals surface area contributed by atoms with Gasteiger partial charge in [-0.3, -0.25) is 19.3 Å². The predicted octanol–water partition coefficient (Wildman–Crippen LogP) is 5.66. The van der Waals surface area contributed by atoms with Crippen LogP contribution in [0.25, 0.3) is 17.4 Å². The first-order chi connectivity index (χ1) is 14.4. The van der Waals surface area contributed by atoms with E-state index in [9.17, 15) is 18.8 Å². The largest absolute Gasteiger partial charge is 0.457 e. The van der Waals surface area contributed by atoms with Crippen molar-refractivity contribution >= 4 is 46.4 Å². The lowest BCUT2D eigenvalue weighted by Crippen LogP contribution is -2.33. The highest BCUT2D eigenvalue weighted by atomic mass is 35.5. The molecule has 150 valence electrons. The zero-order valence-electron chi connectivity index (χ0n) is 15.3. The molecule has 2 heterocycles. The van der Waals surface area contributed by atoms with Gasteiger partial charge in [-0.15, -0.1) is 0 Å². The summed E-state index contributed by atoms with van der Waals surface area (Å²) in [6, 6.07) is 15.3. The Morgan fingerprint density at radius 2 is 1.73 bits per heavy atom. The van der Waals surface area contributed by atoms with Crippen molar-refractivity contribution < 1.29 is 23.2 Å². The van der Waals surface area contributed by atoms with Gasteiger partial charge in [0.1, 0.15) is 17.3 Å². The lowest BCUT2D eigenvalue weighted by molar-refractivity contribution is -0.122. The highest BCUT2D eigenvalue weighted by Gasteiger charge is 2.36. The molecule has 8 heteroatoms. The van der Waals surface area contributed by atoms with Crippen LogP contribution in [0.3, 0.4) is 0 Å². The third kappa shape index (κ3) is 4.22. The molecule has 1 aliphatic rings. The summed E-state index contributed by atoms with van der Waals surface area (Å²) in [7, 11) is 0. The van der Waals surface area contributed by atoms with Crippen molar-refractivity contribution in [2.45, 2.75) is 0 Å². The van der Waals surface area contributed by atoms with E-state index in [0.717, 1.165) is 16.7 Å². The van der Waals surface area contributed by atoms with Crippen LogP contribution in [0.5, 0.6) is 0 Å². The summed E-state index contributed by atoms with van der Waals surface area (Å²) >= 11 is 6.55. The van der Waals surface area contributed by atoms with Crippen LogP contribution in [-0.2, 0) is 4.79 Å². The molecule has 0 N–H and O–H groups in total. The molecule has 30 heavy (non-hydrogen) atoms. The van der Waals surface area contributed by atoms with Crippen LogP contribution in [0.4, 0.5) is 9.18 Å². The minimum Gasteiger partial charge on any atom is -0.457 e. The average molecular weight is 442 g/mol. The van der Waals surface area contributed by atoms with Crippen molar-refractivity contribution in [1.82, 2.24) is 4.90 Å². The molecule has 1 aromatic heterocycles. The zero-order valence-corrected chi connectivity index (χ0v) is 16.9. The monoisotopic (exact) mass is 441 g/mol. The SMILES string of the molecule is O=C(CN1C(=O)S/C(=C\c2ccc(-c3ccc(F)cc3)o2)C1=O)c1ccc(Cl)cc1. The van der Waals surface area contributed by atoms with E-state index in [2.05, 4.69) is 0 Å². The fraction of sp³-hybridized carbons (Fsp3) is 0.0455. The number of halogens is 2. The van der Waals surface area contributed by atoms with E-state index < -0.39 is 11.1 Å². The first kappa shape index (κ1) is 20.1. The third-order valence-electron chi connectivity index (χ3n) is 4.37. The molecule has 0 unspecified atom stereocenters. The average Bonchev–Trinajstić information content (AvgIpc) is 3.29. The van der Waals surface area contributed by atoms with Crippen LogP contribution in [0.1, 0.15) is 16.1 Å². The molecular formula is C22H13ClFNO4S. The number of amides is 2. The highest BCUT2D eigenvalue weighted by Crippen LogP contribution is 2.33. The fourth-order valence-electron chi connectivity index (χ4n) is 2.84. The van der Waals surface area contributed by atoms with Crippen molar-refractivity contribution in [3.63, 3.8) is 0 Å². The molecule has 0 spiro atoms. The third-order valence-corrected chi connectivity index (χ3v) is 5.53. The van der Waals surface area contributed by atoms with Crippen molar-refractivity contribution in [1.29, 1.82) is 0 Å². The summed E-state index contributed by atoms with van der Waals surface area (Å²) in [5, 5.41) is -0.0435. The van der Waals surface area contributed by atoms with E-state index in [-0.39, 0.29) is 23.1 Å². The van der Waals surface area contributed by atoms with Crippen molar-refractivity contribution in [2.75, 3.05) is 6.54 Å². The molecule has 0 saturated carbocycles. The highest BCUT2D eigenvalue weighted by molar-refractivity contribution is 8.18. The van der Waals surface area contributed by atoms with Gasteiger partial charge in [-0.05, 0) is 72.4 Å². The molecule has 0 bridgehead atoms. The summed E-state index contributed by atoms with van der Waals surface area (Å²) in [5.74, 6) is -0.423. The minimum absolute atomic E-state index is 0.156. The van der Waals surface area contributed by atoms with Crippen LogP contribution in [0.2, 0.25) is 5.02 Å². The van der Waals surface area contributed by atoms with Crippen LogP contribution < -0.4 is 0 Å². The molecule has 4 rings (SSSR count). The summed E-state index contributed by atoms with van der Waals surface area (Å²) < 4.78 is 18.7. The molecule has 0 aliphatic carbocycles. The second kappa shape index (κ2) is 8.30. The van der Waals surface area contributed by atoms with E-state index in [1.165, 1.54) is 18.2 Å². The Balaban J connectivity index is 1.49. The molecule has 3 aromatic rings. The van der Waals surface area contributed by atoms with E-state index in [4.69, 9.17) is 16.0 Å². The second-order valence-corrected chi connectivity index (χ2v) is 7.84. The van der Waals surface area contributed by atoms with Crippen LogP contribution in [0, 0.1) is 5.82 Å². The van der Waals surface area contributed by atoms with Crippen LogP contribution in [-0.4, -0.2) is 28.4 Å². The number of hydrogen-bond acceptors (Lipinski definition) is 5. The Bertz CT molecular complexity index is 1170. The van der Waals surface area contributed by atoms with E-state index >= 15 is 0 Å². The summed E-state index contributed by atoms with van der Waals surface area (Å²) in [6.45, 7) is -0.359. The normalized spacial score (nSPS) is 15.3. The standard InChI is InChI=1S/C22H13ClFNO4S/c23-15-5-1-13(2-6-15)18(26)12-25-21(27)20(30-22(25)28)11-17-9-10-19(29-17)14-3-7-16(24)8-4-14/h1-11H,12H2/b20-11-. The molecule has 0 atom stereocenters. The minimum atomic E-state index is -0.563. The first-order valence-electron chi connectivity index (χ1n) is 8.80. The van der Waals surface area contributed by atoms with Gasteiger partial charge in [-0.25, -0.2) is 4.39 Å². The van der Waals surface area contributed by atoms with Gasteiger partial charge in [0.2, 0.25) is 0 Å². The van der Waals surface area contributed by atoms with E-state index in [1.54, 1.807) is 48.5 Å². The molecule has 1 fully saturated rings. The number of furan rings is 1. The Kier molecular flexibility index (Phi) is 5.57. The number of hydrogen-bond donors (Lipinski definition) is 0. The molecule has 0 radical (unpaired) electrons. The summed E-state index contributed by atoms with van der Waals surface area (Å²) in [6.07, 6.45) is 1.45.